The van der Waals surface area contributed by atoms with Gasteiger partial charge in [-0.2, -0.15) is 4.98 Å². The zero-order chi connectivity index (χ0) is 20.3. The Kier molecular flexibility index (Phi) is 5.74. The van der Waals surface area contributed by atoms with Crippen LogP contribution in [-0.2, 0) is 11.2 Å². The number of carbonyl (C=O) groups excluding carboxylic acids is 2. The summed E-state index contributed by atoms with van der Waals surface area (Å²) in [5, 5.41) is 1.12. The minimum atomic E-state index is -0.384. The second-order valence-corrected chi connectivity index (χ2v) is 6.82. The Labute approximate surface area is 163 Å². The molecule has 0 saturated carbocycles. The van der Waals surface area contributed by atoms with Gasteiger partial charge in [-0.15, -0.1) is 5.06 Å². The number of likely N-dealkylation sites (N-methyl/N-ethyl adjacent to an activating group) is 1. The number of ether oxygens (including phenoxy) is 1. The van der Waals surface area contributed by atoms with E-state index in [0.29, 0.717) is 30.0 Å². The van der Waals surface area contributed by atoms with Crippen LogP contribution in [0.15, 0.2) is 30.7 Å². The van der Waals surface area contributed by atoms with Gasteiger partial charge in [-0.1, -0.05) is 6.07 Å². The van der Waals surface area contributed by atoms with Crippen molar-refractivity contribution in [1.82, 2.24) is 19.8 Å². The van der Waals surface area contributed by atoms with E-state index in [4.69, 9.17) is 9.57 Å². The van der Waals surface area contributed by atoms with Crippen LogP contribution >= 0.6 is 0 Å². The summed E-state index contributed by atoms with van der Waals surface area (Å²) in [6, 6.07) is 5.24. The molecule has 1 aromatic heterocycles. The summed E-state index contributed by atoms with van der Waals surface area (Å²) in [6.07, 6.45) is 3.37. The smallest absolute Gasteiger partial charge is 0.298 e. The summed E-state index contributed by atoms with van der Waals surface area (Å²) >= 11 is 0. The SMILES string of the molecule is CN(C)CCc1c(ON2C(=O)COc3ncncc32)cccc1C(=O)N(C)C. The van der Waals surface area contributed by atoms with E-state index in [9.17, 15) is 9.59 Å². The van der Waals surface area contributed by atoms with Gasteiger partial charge in [-0.05, 0) is 32.6 Å². The number of carbonyl (C=O) groups is 2. The Morgan fingerprint density at radius 1 is 1.29 bits per heavy atom. The molecule has 0 N–H and O–H groups in total. The van der Waals surface area contributed by atoms with Crippen LogP contribution < -0.4 is 14.6 Å². The highest BCUT2D eigenvalue weighted by Gasteiger charge is 2.30. The van der Waals surface area contributed by atoms with Gasteiger partial charge in [0.05, 0.1) is 6.20 Å². The lowest BCUT2D eigenvalue weighted by molar-refractivity contribution is -0.125. The molecule has 0 radical (unpaired) electrons. The molecule has 9 nitrogen and oxygen atoms in total. The highest BCUT2D eigenvalue weighted by molar-refractivity contribution is 5.97. The Hall–Kier alpha value is -3.20. The number of fused-ring (bicyclic) bond motifs is 1. The van der Waals surface area contributed by atoms with Crippen LogP contribution in [0.25, 0.3) is 0 Å². The third-order valence-corrected chi connectivity index (χ3v) is 4.20. The number of rotatable bonds is 6. The molecule has 1 aliphatic rings. The number of hydrogen-bond acceptors (Lipinski definition) is 7. The van der Waals surface area contributed by atoms with Crippen molar-refractivity contribution in [3.63, 3.8) is 0 Å². The van der Waals surface area contributed by atoms with Crippen LogP contribution in [0.3, 0.4) is 0 Å². The Bertz CT molecular complexity index is 884. The molecule has 148 valence electrons. The first-order chi connectivity index (χ1) is 13.4. The van der Waals surface area contributed by atoms with E-state index >= 15 is 0 Å². The monoisotopic (exact) mass is 385 g/mol. The van der Waals surface area contributed by atoms with Crippen LogP contribution in [0.1, 0.15) is 15.9 Å². The Morgan fingerprint density at radius 2 is 2.07 bits per heavy atom. The van der Waals surface area contributed by atoms with Crippen LogP contribution in [0.2, 0.25) is 0 Å². The minimum absolute atomic E-state index is 0.128. The number of nitrogens with zero attached hydrogens (tertiary/aromatic N) is 5. The lowest BCUT2D eigenvalue weighted by Gasteiger charge is -2.28. The molecular weight excluding hydrogens is 362 g/mol. The summed E-state index contributed by atoms with van der Waals surface area (Å²) < 4.78 is 5.32. The molecule has 2 heterocycles. The van der Waals surface area contributed by atoms with Crippen molar-refractivity contribution in [3.8, 4) is 11.6 Å². The average Bonchev–Trinajstić information content (AvgIpc) is 2.68. The number of hydroxylamine groups is 1. The lowest BCUT2D eigenvalue weighted by Crippen LogP contribution is -2.42. The van der Waals surface area contributed by atoms with Crippen LogP contribution in [0, 0.1) is 0 Å². The van der Waals surface area contributed by atoms with Crippen LogP contribution in [0.5, 0.6) is 11.6 Å². The molecule has 0 fully saturated rings. The van der Waals surface area contributed by atoms with E-state index < -0.39 is 0 Å². The zero-order valence-corrected chi connectivity index (χ0v) is 16.4. The van der Waals surface area contributed by atoms with Crippen LogP contribution in [0.4, 0.5) is 5.69 Å². The number of aromatic nitrogens is 2. The summed E-state index contributed by atoms with van der Waals surface area (Å²) in [5.41, 5.74) is 1.59. The number of hydrogen-bond donors (Lipinski definition) is 0. The van der Waals surface area contributed by atoms with Gasteiger partial charge in [0.25, 0.3) is 11.8 Å². The largest absolute Gasteiger partial charge is 0.466 e. The van der Waals surface area contributed by atoms with Crippen molar-refractivity contribution in [1.29, 1.82) is 0 Å². The third-order valence-electron chi connectivity index (χ3n) is 4.20. The van der Waals surface area contributed by atoms with Crippen molar-refractivity contribution in [2.45, 2.75) is 6.42 Å². The molecule has 0 aliphatic carbocycles. The number of amides is 2. The normalized spacial score (nSPS) is 13.2. The van der Waals surface area contributed by atoms with Gasteiger partial charge < -0.3 is 19.4 Å². The van der Waals surface area contributed by atoms with Gasteiger partial charge in [0.1, 0.15) is 6.33 Å². The average molecular weight is 385 g/mol. The fraction of sp³-hybridized carbons (Fsp3) is 0.368. The molecule has 2 aromatic rings. The Balaban J connectivity index is 2.00. The molecule has 0 atom stereocenters. The van der Waals surface area contributed by atoms with Crippen LogP contribution in [-0.4, -0.2) is 72.9 Å². The van der Waals surface area contributed by atoms with Gasteiger partial charge in [0.15, 0.2) is 18.0 Å². The fourth-order valence-electron chi connectivity index (χ4n) is 2.77. The quantitative estimate of drug-likeness (QED) is 0.733. The molecule has 28 heavy (non-hydrogen) atoms. The number of benzene rings is 1. The molecule has 1 aliphatic heterocycles. The maximum Gasteiger partial charge on any atom is 0.298 e. The van der Waals surface area contributed by atoms with Crippen molar-refractivity contribution < 1.29 is 19.2 Å². The number of anilines is 1. The maximum absolute atomic E-state index is 12.7. The molecular formula is C19H23N5O4. The lowest BCUT2D eigenvalue weighted by atomic mass is 10.0. The highest BCUT2D eigenvalue weighted by Crippen LogP contribution is 2.32. The predicted octanol–water partition coefficient (Wildman–Crippen LogP) is 1.00. The maximum atomic E-state index is 12.7. The molecule has 0 spiro atoms. The standard InChI is InChI=1S/C19H23N5O4/c1-22(2)9-8-13-14(19(26)23(3)4)6-5-7-16(13)28-24-15-10-20-12-21-18(15)27-11-17(24)25/h5-7,10,12H,8-9,11H2,1-4H3. The Morgan fingerprint density at radius 3 is 2.79 bits per heavy atom. The molecule has 2 amide bonds. The first-order valence-electron chi connectivity index (χ1n) is 8.80. The second kappa shape index (κ2) is 8.22. The van der Waals surface area contributed by atoms with Crippen molar-refractivity contribution in [2.75, 3.05) is 46.4 Å². The van der Waals surface area contributed by atoms with Gasteiger partial charge in [0, 0.05) is 31.8 Å². The molecule has 0 unspecified atom stereocenters. The second-order valence-electron chi connectivity index (χ2n) is 6.82. The van der Waals surface area contributed by atoms with Crippen molar-refractivity contribution >= 4 is 17.5 Å². The fourth-order valence-corrected chi connectivity index (χ4v) is 2.77. The van der Waals surface area contributed by atoms with E-state index in [1.54, 1.807) is 32.3 Å². The molecule has 1 aromatic carbocycles. The van der Waals surface area contributed by atoms with E-state index in [1.807, 2.05) is 19.0 Å². The topological polar surface area (TPSA) is 88.1 Å². The van der Waals surface area contributed by atoms with E-state index in [1.165, 1.54) is 17.4 Å². The van der Waals surface area contributed by atoms with E-state index in [-0.39, 0.29) is 24.3 Å². The predicted molar refractivity (Wildman–Crippen MR) is 102 cm³/mol. The van der Waals surface area contributed by atoms with Gasteiger partial charge in [-0.3, -0.25) is 9.59 Å². The minimum Gasteiger partial charge on any atom is -0.466 e. The first-order valence-corrected chi connectivity index (χ1v) is 8.80. The molecule has 0 saturated heterocycles. The zero-order valence-electron chi connectivity index (χ0n) is 16.4. The van der Waals surface area contributed by atoms with E-state index in [0.717, 1.165) is 10.6 Å². The third kappa shape index (κ3) is 4.04. The van der Waals surface area contributed by atoms with E-state index in [2.05, 4.69) is 9.97 Å². The summed E-state index contributed by atoms with van der Waals surface area (Å²) in [5.74, 6) is 0.186. The summed E-state index contributed by atoms with van der Waals surface area (Å²) in [6.45, 7) is 0.526. The molecule has 9 heteroatoms. The summed E-state index contributed by atoms with van der Waals surface area (Å²) in [4.78, 5) is 42.5. The highest BCUT2D eigenvalue weighted by atomic mass is 16.7. The summed E-state index contributed by atoms with van der Waals surface area (Å²) in [7, 11) is 7.31. The van der Waals surface area contributed by atoms with Crippen molar-refractivity contribution in [2.24, 2.45) is 0 Å². The molecule has 3 rings (SSSR count). The van der Waals surface area contributed by atoms with Gasteiger partial charge in [-0.25, -0.2) is 4.98 Å². The van der Waals surface area contributed by atoms with Crippen molar-refractivity contribution in [3.05, 3.63) is 41.9 Å². The van der Waals surface area contributed by atoms with Gasteiger partial charge in [0.2, 0.25) is 5.88 Å². The van der Waals surface area contributed by atoms with Gasteiger partial charge >= 0.3 is 0 Å². The first kappa shape index (κ1) is 19.6. The molecule has 0 bridgehead atoms.